The maximum absolute atomic E-state index is 14.2. The molecule has 0 aliphatic heterocycles. The van der Waals surface area contributed by atoms with Crippen molar-refractivity contribution >= 4 is 0 Å². The van der Waals surface area contributed by atoms with Crippen molar-refractivity contribution < 1.29 is 8.78 Å². The molecule has 0 aromatic heterocycles. The van der Waals surface area contributed by atoms with Gasteiger partial charge in [-0.2, -0.15) is 0 Å². The summed E-state index contributed by atoms with van der Waals surface area (Å²) < 4.78 is 27.8. The molecule has 0 radical (unpaired) electrons. The molecule has 0 spiro atoms. The minimum absolute atomic E-state index is 0.582. The van der Waals surface area contributed by atoms with E-state index in [2.05, 4.69) is 6.92 Å². The van der Waals surface area contributed by atoms with Gasteiger partial charge in [0.25, 0.3) is 0 Å². The fraction of sp³-hybridized carbons (Fsp3) is 0.818. The van der Waals surface area contributed by atoms with E-state index >= 15 is 0 Å². The largest absolute Gasteiger partial charge is 0.204 e. The average molecular weight is 485 g/mol. The molecule has 4 aliphatic rings. The zero-order valence-corrected chi connectivity index (χ0v) is 22.4. The number of benzene rings is 1. The van der Waals surface area contributed by atoms with Gasteiger partial charge in [0.1, 0.15) is 0 Å². The lowest BCUT2D eigenvalue weighted by atomic mass is 9.60. The topological polar surface area (TPSA) is 0 Å². The number of unbranched alkanes of at least 4 members (excludes halogenated alkanes) is 4. The second-order valence-electron chi connectivity index (χ2n) is 13.2. The highest BCUT2D eigenvalue weighted by atomic mass is 19.2. The predicted molar refractivity (Wildman–Crippen MR) is 142 cm³/mol. The standard InChI is InChI=1S/C33H50F2/c1-2-3-4-5-6-7-23-8-9-29-21-27(15-14-26(29)20-23)24-10-12-25(13-11-24)28-16-18-31-30(22-28)17-19-32(34)33(31)35/h17,19,23-29H,2-16,18,20-22H2,1H3. The summed E-state index contributed by atoms with van der Waals surface area (Å²) >= 11 is 0. The lowest BCUT2D eigenvalue weighted by Crippen LogP contribution is -2.35. The van der Waals surface area contributed by atoms with Gasteiger partial charge in [-0.05, 0) is 136 Å². The second kappa shape index (κ2) is 12.1. The van der Waals surface area contributed by atoms with Crippen LogP contribution in [0.4, 0.5) is 8.78 Å². The molecule has 35 heavy (non-hydrogen) atoms. The monoisotopic (exact) mass is 484 g/mol. The van der Waals surface area contributed by atoms with E-state index in [1.165, 1.54) is 102 Å². The Labute approximate surface area is 214 Å². The molecule has 5 rings (SSSR count). The number of hydrogen-bond donors (Lipinski definition) is 0. The highest BCUT2D eigenvalue weighted by Crippen LogP contribution is 2.50. The van der Waals surface area contributed by atoms with Gasteiger partial charge in [-0.15, -0.1) is 0 Å². The van der Waals surface area contributed by atoms with Gasteiger partial charge in [0.2, 0.25) is 0 Å². The molecule has 0 amide bonds. The fourth-order valence-electron chi connectivity index (χ4n) is 9.05. The molecule has 0 nitrogen and oxygen atoms in total. The summed E-state index contributed by atoms with van der Waals surface area (Å²) in [5.41, 5.74) is 1.75. The highest BCUT2D eigenvalue weighted by molar-refractivity contribution is 5.32. The first kappa shape index (κ1) is 25.7. The summed E-state index contributed by atoms with van der Waals surface area (Å²) in [6.45, 7) is 2.31. The number of halogens is 2. The van der Waals surface area contributed by atoms with Crippen LogP contribution in [0.25, 0.3) is 0 Å². The van der Waals surface area contributed by atoms with Gasteiger partial charge in [0.15, 0.2) is 11.6 Å². The Hall–Kier alpha value is -0.920. The van der Waals surface area contributed by atoms with E-state index in [0.29, 0.717) is 11.5 Å². The lowest BCUT2D eigenvalue weighted by molar-refractivity contribution is 0.0527. The van der Waals surface area contributed by atoms with Crippen molar-refractivity contribution in [2.45, 2.75) is 129 Å². The molecule has 3 fully saturated rings. The smallest absolute Gasteiger partial charge is 0.162 e. The van der Waals surface area contributed by atoms with Gasteiger partial charge < -0.3 is 0 Å². The first-order valence-electron chi connectivity index (χ1n) is 15.6. The van der Waals surface area contributed by atoms with Crippen molar-refractivity contribution in [1.29, 1.82) is 0 Å². The zero-order valence-electron chi connectivity index (χ0n) is 22.4. The van der Waals surface area contributed by atoms with Gasteiger partial charge >= 0.3 is 0 Å². The zero-order chi connectivity index (χ0) is 24.2. The molecule has 1 aromatic rings. The molecule has 196 valence electrons. The third-order valence-electron chi connectivity index (χ3n) is 11.2. The first-order chi connectivity index (χ1) is 17.1. The van der Waals surface area contributed by atoms with Crippen molar-refractivity contribution in [3.8, 4) is 0 Å². The van der Waals surface area contributed by atoms with Crippen LogP contribution in [-0.4, -0.2) is 0 Å². The summed E-state index contributed by atoms with van der Waals surface area (Å²) in [5.74, 6) is 5.30. The van der Waals surface area contributed by atoms with Crippen molar-refractivity contribution in [1.82, 2.24) is 0 Å². The first-order valence-corrected chi connectivity index (χ1v) is 15.6. The van der Waals surface area contributed by atoms with E-state index in [1.54, 1.807) is 6.42 Å². The highest BCUT2D eigenvalue weighted by Gasteiger charge is 2.39. The van der Waals surface area contributed by atoms with Crippen molar-refractivity contribution in [2.24, 2.45) is 41.4 Å². The van der Waals surface area contributed by atoms with Gasteiger partial charge in [0, 0.05) is 0 Å². The Balaban J connectivity index is 1.04. The van der Waals surface area contributed by atoms with Crippen molar-refractivity contribution in [2.75, 3.05) is 0 Å². The van der Waals surface area contributed by atoms with E-state index in [0.717, 1.165) is 60.3 Å². The SMILES string of the molecule is CCCCCCCC1CCC2CC(C3CCC(C4CCc5c(ccc(F)c5F)C4)CC3)CCC2C1. The average Bonchev–Trinajstić information content (AvgIpc) is 2.90. The predicted octanol–water partition coefficient (Wildman–Crippen LogP) is 10.1. The molecule has 0 bridgehead atoms. The minimum atomic E-state index is -0.673. The Bertz CT molecular complexity index is 808. The van der Waals surface area contributed by atoms with Crippen LogP contribution < -0.4 is 0 Å². The number of rotatable bonds is 8. The van der Waals surface area contributed by atoms with Crippen molar-refractivity contribution in [3.63, 3.8) is 0 Å². The Morgan fingerprint density at radius 2 is 1.29 bits per heavy atom. The molecule has 5 unspecified atom stereocenters. The Morgan fingerprint density at radius 1 is 0.657 bits per heavy atom. The normalized spacial score (nSPS) is 35.3. The van der Waals surface area contributed by atoms with E-state index < -0.39 is 11.6 Å². The third-order valence-corrected chi connectivity index (χ3v) is 11.2. The molecular weight excluding hydrogens is 434 g/mol. The molecule has 5 atom stereocenters. The Morgan fingerprint density at radius 3 is 2.06 bits per heavy atom. The summed E-state index contributed by atoms with van der Waals surface area (Å²) in [7, 11) is 0. The molecule has 2 heteroatoms. The van der Waals surface area contributed by atoms with E-state index in [9.17, 15) is 8.78 Å². The van der Waals surface area contributed by atoms with Crippen molar-refractivity contribution in [3.05, 3.63) is 34.9 Å². The van der Waals surface area contributed by atoms with Gasteiger partial charge in [-0.25, -0.2) is 8.78 Å². The van der Waals surface area contributed by atoms with E-state index in [4.69, 9.17) is 0 Å². The van der Waals surface area contributed by atoms with Crippen LogP contribution in [0.1, 0.15) is 127 Å². The molecule has 0 N–H and O–H groups in total. The maximum atomic E-state index is 14.2. The third kappa shape index (κ3) is 6.15. The lowest BCUT2D eigenvalue weighted by Gasteiger charge is -2.46. The fourth-order valence-corrected chi connectivity index (χ4v) is 9.05. The minimum Gasteiger partial charge on any atom is -0.204 e. The van der Waals surface area contributed by atoms with Gasteiger partial charge in [-0.3, -0.25) is 0 Å². The van der Waals surface area contributed by atoms with E-state index in [1.807, 2.05) is 6.07 Å². The number of fused-ring (bicyclic) bond motifs is 2. The quantitative estimate of drug-likeness (QED) is 0.322. The van der Waals surface area contributed by atoms with Crippen LogP contribution in [0.2, 0.25) is 0 Å². The second-order valence-corrected chi connectivity index (χ2v) is 13.2. The van der Waals surface area contributed by atoms with Crippen LogP contribution >= 0.6 is 0 Å². The molecule has 4 aliphatic carbocycles. The molecule has 1 aromatic carbocycles. The molecule has 3 saturated carbocycles. The van der Waals surface area contributed by atoms with Gasteiger partial charge in [-0.1, -0.05) is 57.9 Å². The number of hydrogen-bond acceptors (Lipinski definition) is 0. The molecule has 0 saturated heterocycles. The van der Waals surface area contributed by atoms with Crippen LogP contribution in [0.3, 0.4) is 0 Å². The van der Waals surface area contributed by atoms with E-state index in [-0.39, 0.29) is 0 Å². The summed E-state index contributed by atoms with van der Waals surface area (Å²) in [6, 6.07) is 3.19. The van der Waals surface area contributed by atoms with Crippen LogP contribution in [0.15, 0.2) is 12.1 Å². The summed E-state index contributed by atoms with van der Waals surface area (Å²) in [6.07, 6.45) is 26.2. The van der Waals surface area contributed by atoms with Crippen LogP contribution in [0.5, 0.6) is 0 Å². The summed E-state index contributed by atoms with van der Waals surface area (Å²) in [5, 5.41) is 0. The van der Waals surface area contributed by atoms with Crippen LogP contribution in [0, 0.1) is 53.1 Å². The molecular formula is C33H50F2. The van der Waals surface area contributed by atoms with Gasteiger partial charge in [0.05, 0.1) is 0 Å². The maximum Gasteiger partial charge on any atom is 0.162 e. The Kier molecular flexibility index (Phi) is 8.88. The summed E-state index contributed by atoms with van der Waals surface area (Å²) in [4.78, 5) is 0. The van der Waals surface area contributed by atoms with Crippen LogP contribution in [-0.2, 0) is 12.8 Å². The molecule has 0 heterocycles.